The van der Waals surface area contributed by atoms with Crippen LogP contribution in [0.15, 0.2) is 35.3 Å². The molecule has 1 unspecified atom stereocenters. The molecule has 1 saturated heterocycles. The van der Waals surface area contributed by atoms with Crippen LogP contribution in [0.5, 0.6) is 0 Å². The normalized spacial score (nSPS) is 18.6. The van der Waals surface area contributed by atoms with E-state index in [-0.39, 0.29) is 17.2 Å². The summed E-state index contributed by atoms with van der Waals surface area (Å²) in [4.78, 5) is 19.0. The Balaban J connectivity index is 1.70. The lowest BCUT2D eigenvalue weighted by atomic mass is 9.94. The third-order valence-electron chi connectivity index (χ3n) is 5.90. The molecule has 2 aromatic heterocycles. The number of hydrogen-bond acceptors (Lipinski definition) is 6. The Labute approximate surface area is 182 Å². The van der Waals surface area contributed by atoms with E-state index in [0.29, 0.717) is 22.2 Å². The van der Waals surface area contributed by atoms with Gasteiger partial charge in [-0.15, -0.1) is 0 Å². The van der Waals surface area contributed by atoms with Gasteiger partial charge < -0.3 is 16.0 Å². The van der Waals surface area contributed by atoms with Gasteiger partial charge in [-0.2, -0.15) is 18.3 Å². The van der Waals surface area contributed by atoms with E-state index in [0.717, 1.165) is 43.8 Å². The number of H-pyrrole nitrogens is 1. The summed E-state index contributed by atoms with van der Waals surface area (Å²) < 4.78 is 39.6. The standard InChI is InChI=1S/C22H25F3N6O/c1-12(14-6-15(22(23,24)25)8-16(26)7-14)28-20-17-9-19(13-4-3-5-31(2)11-13)27-10-18(17)21(32)30-29-20/h6-10,12-13H,3-5,11,26H2,1-2H3,(H,28,29)(H,30,32)/t12-,13?/m1/s1. The molecule has 0 radical (unpaired) electrons. The first-order chi connectivity index (χ1) is 15.1. The zero-order valence-electron chi connectivity index (χ0n) is 17.8. The second kappa shape index (κ2) is 8.42. The van der Waals surface area contributed by atoms with Gasteiger partial charge in [0.05, 0.1) is 17.0 Å². The van der Waals surface area contributed by atoms with E-state index in [9.17, 15) is 18.0 Å². The fourth-order valence-corrected chi connectivity index (χ4v) is 4.20. The van der Waals surface area contributed by atoms with Gasteiger partial charge in [0.2, 0.25) is 0 Å². The molecule has 1 aliphatic heterocycles. The largest absolute Gasteiger partial charge is 0.416 e. The Morgan fingerprint density at radius 3 is 2.75 bits per heavy atom. The van der Waals surface area contributed by atoms with Crippen LogP contribution in [0.2, 0.25) is 0 Å². The lowest BCUT2D eigenvalue weighted by Crippen LogP contribution is -2.31. The fraction of sp³-hybridized carbons (Fsp3) is 0.409. The molecule has 7 nitrogen and oxygen atoms in total. The first kappa shape index (κ1) is 22.1. The van der Waals surface area contributed by atoms with Crippen LogP contribution in [0, 0.1) is 0 Å². The van der Waals surface area contributed by atoms with Gasteiger partial charge >= 0.3 is 6.18 Å². The summed E-state index contributed by atoms with van der Waals surface area (Å²) >= 11 is 0. The average molecular weight is 446 g/mol. The molecule has 2 atom stereocenters. The second-order valence-electron chi connectivity index (χ2n) is 8.41. The molecule has 0 spiro atoms. The van der Waals surface area contributed by atoms with E-state index in [2.05, 4.69) is 32.4 Å². The van der Waals surface area contributed by atoms with Crippen molar-refractivity contribution in [2.24, 2.45) is 0 Å². The van der Waals surface area contributed by atoms with E-state index in [1.165, 1.54) is 12.3 Å². The number of aromatic amines is 1. The molecular weight excluding hydrogens is 421 g/mol. The number of pyridine rings is 1. The number of rotatable bonds is 4. The topological polar surface area (TPSA) is 99.9 Å². The molecule has 1 aliphatic rings. The van der Waals surface area contributed by atoms with E-state index in [4.69, 9.17) is 5.73 Å². The first-order valence-electron chi connectivity index (χ1n) is 10.4. The van der Waals surface area contributed by atoms with E-state index in [1.54, 1.807) is 6.92 Å². The zero-order valence-corrected chi connectivity index (χ0v) is 17.8. The van der Waals surface area contributed by atoms with Gasteiger partial charge in [-0.25, -0.2) is 5.10 Å². The van der Waals surface area contributed by atoms with Crippen LogP contribution in [-0.4, -0.2) is 40.2 Å². The maximum atomic E-state index is 13.2. The molecule has 10 heteroatoms. The van der Waals surface area contributed by atoms with Crippen molar-refractivity contribution in [3.63, 3.8) is 0 Å². The number of anilines is 2. The molecule has 1 fully saturated rings. The van der Waals surface area contributed by atoms with Crippen LogP contribution in [-0.2, 0) is 6.18 Å². The van der Waals surface area contributed by atoms with Crippen molar-refractivity contribution in [3.05, 3.63) is 57.6 Å². The number of nitrogens with one attached hydrogen (secondary N) is 2. The molecule has 3 heterocycles. The quantitative estimate of drug-likeness (QED) is 0.526. The highest BCUT2D eigenvalue weighted by molar-refractivity contribution is 5.90. The summed E-state index contributed by atoms with van der Waals surface area (Å²) in [5.74, 6) is 0.613. The number of aromatic nitrogens is 3. The summed E-state index contributed by atoms with van der Waals surface area (Å²) in [5, 5.41) is 10.6. The van der Waals surface area contributed by atoms with Gasteiger partial charge in [0.15, 0.2) is 5.82 Å². The second-order valence-corrected chi connectivity index (χ2v) is 8.41. The van der Waals surface area contributed by atoms with Crippen LogP contribution in [0.3, 0.4) is 0 Å². The highest BCUT2D eigenvalue weighted by atomic mass is 19.4. The van der Waals surface area contributed by atoms with Crippen molar-refractivity contribution in [3.8, 4) is 0 Å². The monoisotopic (exact) mass is 446 g/mol. The number of halogens is 3. The number of alkyl halides is 3. The minimum absolute atomic E-state index is 0.0238. The van der Waals surface area contributed by atoms with Crippen molar-refractivity contribution in [2.45, 2.75) is 37.9 Å². The van der Waals surface area contributed by atoms with Crippen molar-refractivity contribution in [1.29, 1.82) is 0 Å². The maximum Gasteiger partial charge on any atom is 0.416 e. The summed E-state index contributed by atoms with van der Waals surface area (Å²) in [6.07, 6.45) is -0.895. The van der Waals surface area contributed by atoms with E-state index >= 15 is 0 Å². The van der Waals surface area contributed by atoms with Crippen molar-refractivity contribution in [2.75, 3.05) is 31.2 Å². The van der Waals surface area contributed by atoms with Gasteiger partial charge in [0.25, 0.3) is 5.56 Å². The highest BCUT2D eigenvalue weighted by Gasteiger charge is 2.31. The fourth-order valence-electron chi connectivity index (χ4n) is 4.20. The van der Waals surface area contributed by atoms with Crippen LogP contribution < -0.4 is 16.6 Å². The summed E-state index contributed by atoms with van der Waals surface area (Å²) in [7, 11) is 2.06. The Bertz CT molecular complexity index is 1190. The third kappa shape index (κ3) is 4.55. The number of nitrogens with zero attached hydrogens (tertiary/aromatic N) is 3. The molecule has 3 aromatic rings. The van der Waals surface area contributed by atoms with E-state index < -0.39 is 17.8 Å². The number of nitrogen functional groups attached to an aromatic ring is 1. The predicted molar refractivity (Wildman–Crippen MR) is 118 cm³/mol. The van der Waals surface area contributed by atoms with Crippen LogP contribution >= 0.6 is 0 Å². The van der Waals surface area contributed by atoms with Gasteiger partial charge in [-0.3, -0.25) is 9.78 Å². The minimum atomic E-state index is -4.50. The number of fused-ring (bicyclic) bond motifs is 1. The minimum Gasteiger partial charge on any atom is -0.399 e. The summed E-state index contributed by atoms with van der Waals surface area (Å²) in [6.45, 7) is 3.62. The SMILES string of the molecule is C[C@@H](Nc1n[nH]c(=O)c2cnc(C3CCCN(C)C3)cc12)c1cc(N)cc(C(F)(F)F)c1. The predicted octanol–water partition coefficient (Wildman–Crippen LogP) is 3.90. The van der Waals surface area contributed by atoms with Crippen molar-refractivity contribution in [1.82, 2.24) is 20.1 Å². The van der Waals surface area contributed by atoms with Gasteiger partial charge in [0, 0.05) is 35.4 Å². The molecule has 1 aromatic carbocycles. The lowest BCUT2D eigenvalue weighted by Gasteiger charge is -2.29. The molecule has 0 saturated carbocycles. The zero-order chi connectivity index (χ0) is 23.0. The summed E-state index contributed by atoms with van der Waals surface area (Å²) in [6, 6.07) is 4.77. The highest BCUT2D eigenvalue weighted by Crippen LogP contribution is 2.34. The number of benzene rings is 1. The average Bonchev–Trinajstić information content (AvgIpc) is 2.74. The lowest BCUT2D eigenvalue weighted by molar-refractivity contribution is -0.137. The van der Waals surface area contributed by atoms with Crippen molar-refractivity contribution >= 4 is 22.3 Å². The number of nitrogens with two attached hydrogens (primary N) is 1. The maximum absolute atomic E-state index is 13.2. The van der Waals surface area contributed by atoms with Crippen LogP contribution in [0.25, 0.3) is 10.8 Å². The third-order valence-corrected chi connectivity index (χ3v) is 5.90. The Morgan fingerprint density at radius 2 is 2.03 bits per heavy atom. The van der Waals surface area contributed by atoms with Gasteiger partial charge in [0.1, 0.15) is 0 Å². The Kier molecular flexibility index (Phi) is 5.81. The van der Waals surface area contributed by atoms with Gasteiger partial charge in [-0.05, 0) is 63.2 Å². The number of piperidine rings is 1. The molecular formula is C22H25F3N6O. The molecule has 0 aliphatic carbocycles. The Hall–Kier alpha value is -3.14. The molecule has 0 amide bonds. The molecule has 4 N–H and O–H groups in total. The number of likely N-dealkylation sites (N-methyl/N-ethyl adjacent to an activating group) is 1. The molecule has 170 valence electrons. The molecule has 4 rings (SSSR count). The van der Waals surface area contributed by atoms with Crippen LogP contribution in [0.4, 0.5) is 24.7 Å². The van der Waals surface area contributed by atoms with Crippen molar-refractivity contribution < 1.29 is 13.2 Å². The number of hydrogen-bond donors (Lipinski definition) is 3. The van der Waals surface area contributed by atoms with Gasteiger partial charge in [-0.1, -0.05) is 0 Å². The Morgan fingerprint density at radius 1 is 1.25 bits per heavy atom. The smallest absolute Gasteiger partial charge is 0.399 e. The van der Waals surface area contributed by atoms with Crippen LogP contribution in [0.1, 0.15) is 48.5 Å². The molecule has 32 heavy (non-hydrogen) atoms. The summed E-state index contributed by atoms with van der Waals surface area (Å²) in [5.41, 5.74) is 5.78. The van der Waals surface area contributed by atoms with E-state index in [1.807, 2.05) is 6.07 Å². The number of likely N-dealkylation sites (tertiary alicyclic amines) is 1. The first-order valence-corrected chi connectivity index (χ1v) is 10.4. The molecule has 0 bridgehead atoms.